The molecule has 0 nitrogen and oxygen atoms in total. The van der Waals surface area contributed by atoms with Crippen molar-refractivity contribution in [1.29, 1.82) is 0 Å². The topological polar surface area (TPSA) is 0 Å². The fourth-order valence-electron chi connectivity index (χ4n) is 2.73. The fourth-order valence-corrected chi connectivity index (χ4v) is 2.73. The van der Waals surface area contributed by atoms with Crippen LogP contribution in [0, 0.1) is 13.8 Å². The van der Waals surface area contributed by atoms with Crippen LogP contribution in [0.4, 0.5) is 0 Å². The molecule has 0 atom stereocenters. The van der Waals surface area contributed by atoms with Gasteiger partial charge in [0.15, 0.2) is 0 Å². The van der Waals surface area contributed by atoms with Crippen LogP contribution in [0.1, 0.15) is 55.0 Å². The van der Waals surface area contributed by atoms with Gasteiger partial charge < -0.3 is 0 Å². The van der Waals surface area contributed by atoms with Gasteiger partial charge >= 0.3 is 0 Å². The van der Waals surface area contributed by atoms with Gasteiger partial charge in [-0.3, -0.25) is 0 Å². The molecule has 0 saturated carbocycles. The van der Waals surface area contributed by atoms with Gasteiger partial charge in [0.05, 0.1) is 0 Å². The first-order valence-corrected chi connectivity index (χ1v) is 6.35. The maximum atomic E-state index is 2.41. The van der Waals surface area contributed by atoms with Crippen molar-refractivity contribution in [1.82, 2.24) is 0 Å². The first kappa shape index (κ1) is 12.3. The molecule has 0 saturated heterocycles. The van der Waals surface area contributed by atoms with Gasteiger partial charge in [0, 0.05) is 0 Å². The Morgan fingerprint density at radius 1 is 1.13 bits per heavy atom. The van der Waals surface area contributed by atoms with E-state index in [0.717, 1.165) is 0 Å². The Balaban J connectivity index is 0.000000531. The molecule has 0 heterocycles. The van der Waals surface area contributed by atoms with Gasteiger partial charge in [-0.1, -0.05) is 26.8 Å². The third-order valence-corrected chi connectivity index (χ3v) is 3.39. The van der Waals surface area contributed by atoms with Crippen LogP contribution in [0.5, 0.6) is 0 Å². The quantitative estimate of drug-likeness (QED) is 0.637. The summed E-state index contributed by atoms with van der Waals surface area (Å²) in [5.41, 5.74) is 7.94. The zero-order chi connectivity index (χ0) is 11.4. The minimum Gasteiger partial charge on any atom is -0.0683 e. The second-order valence-electron chi connectivity index (χ2n) is 4.14. The molecule has 0 heteroatoms. The predicted molar refractivity (Wildman–Crippen MR) is 68.7 cm³/mol. The van der Waals surface area contributed by atoms with Crippen molar-refractivity contribution in [3.8, 4) is 0 Å². The summed E-state index contributed by atoms with van der Waals surface area (Å²) in [6.07, 6.45) is 5.17. The zero-order valence-corrected chi connectivity index (χ0v) is 10.9. The minimum absolute atomic E-state index is 1.19. The molecule has 0 aliphatic heterocycles. The fraction of sp³-hybridized carbons (Fsp3) is 0.600. The Bertz CT molecular complexity index is 331. The molecule has 1 aromatic carbocycles. The van der Waals surface area contributed by atoms with Crippen molar-refractivity contribution >= 4 is 0 Å². The molecule has 0 bridgehead atoms. The van der Waals surface area contributed by atoms with Crippen molar-refractivity contribution in [2.75, 3.05) is 0 Å². The summed E-state index contributed by atoms with van der Waals surface area (Å²) >= 11 is 0. The zero-order valence-electron chi connectivity index (χ0n) is 10.9. The van der Waals surface area contributed by atoms with E-state index in [4.69, 9.17) is 0 Å². The Kier molecular flexibility index (Phi) is 4.38. The maximum absolute atomic E-state index is 2.41. The molecule has 1 aliphatic rings. The highest BCUT2D eigenvalue weighted by molar-refractivity contribution is 5.47. The normalized spacial score (nSPS) is 13.1. The molecule has 1 aromatic rings. The average Bonchev–Trinajstić information content (AvgIpc) is 2.69. The number of hydrogen-bond donors (Lipinski definition) is 0. The van der Waals surface area contributed by atoms with Gasteiger partial charge in [-0.25, -0.2) is 0 Å². The maximum Gasteiger partial charge on any atom is -0.0270 e. The predicted octanol–water partition coefficient (Wildman–Crippen LogP) is 4.38. The molecule has 1 aliphatic carbocycles. The molecule has 0 spiro atoms. The van der Waals surface area contributed by atoms with Gasteiger partial charge in [0.2, 0.25) is 0 Å². The lowest BCUT2D eigenvalue weighted by Crippen LogP contribution is -1.97. The summed E-state index contributed by atoms with van der Waals surface area (Å²) in [5.74, 6) is 0. The SMILES string of the molecule is CC.CCc1c(C)cc2c(c1C)CCC2. The highest BCUT2D eigenvalue weighted by Gasteiger charge is 2.16. The molecule has 0 aromatic heterocycles. The van der Waals surface area contributed by atoms with Crippen molar-refractivity contribution in [2.24, 2.45) is 0 Å². The van der Waals surface area contributed by atoms with E-state index in [1.165, 1.54) is 31.2 Å². The van der Waals surface area contributed by atoms with E-state index < -0.39 is 0 Å². The lowest BCUT2D eigenvalue weighted by Gasteiger charge is -2.12. The standard InChI is InChI=1S/C13H18.C2H6/c1-4-12-9(2)8-11-6-5-7-13(11)10(12)3;1-2/h8H,4-7H2,1-3H3;1-2H3. The Labute approximate surface area is 94.7 Å². The Morgan fingerprint density at radius 3 is 2.40 bits per heavy atom. The number of aryl methyl sites for hydroxylation is 2. The van der Waals surface area contributed by atoms with Crippen LogP contribution in [0.2, 0.25) is 0 Å². The second kappa shape index (κ2) is 5.34. The minimum atomic E-state index is 1.19. The summed E-state index contributed by atoms with van der Waals surface area (Å²) in [4.78, 5) is 0. The molecule has 0 N–H and O–H groups in total. The van der Waals surface area contributed by atoms with Crippen LogP contribution < -0.4 is 0 Å². The summed E-state index contributed by atoms with van der Waals surface area (Å²) in [7, 11) is 0. The molecular formula is C15H24. The third-order valence-electron chi connectivity index (χ3n) is 3.39. The number of benzene rings is 1. The van der Waals surface area contributed by atoms with Gasteiger partial charge in [-0.15, -0.1) is 0 Å². The smallest absolute Gasteiger partial charge is 0.0270 e. The average molecular weight is 204 g/mol. The molecule has 0 unspecified atom stereocenters. The van der Waals surface area contributed by atoms with E-state index in [1.54, 1.807) is 22.3 Å². The van der Waals surface area contributed by atoms with Crippen LogP contribution in [0.25, 0.3) is 0 Å². The highest BCUT2D eigenvalue weighted by atomic mass is 14.2. The first-order chi connectivity index (χ1) is 7.24. The number of hydrogen-bond acceptors (Lipinski definition) is 0. The van der Waals surface area contributed by atoms with Crippen molar-refractivity contribution < 1.29 is 0 Å². The molecule has 0 fully saturated rings. The van der Waals surface area contributed by atoms with Gasteiger partial charge in [-0.2, -0.15) is 0 Å². The van der Waals surface area contributed by atoms with Crippen molar-refractivity contribution in [2.45, 2.75) is 60.3 Å². The summed E-state index contributed by atoms with van der Waals surface area (Å²) in [6.45, 7) is 10.8. The van der Waals surface area contributed by atoms with Gasteiger partial charge in [-0.05, 0) is 67.3 Å². The molecule has 0 amide bonds. The van der Waals surface area contributed by atoms with Crippen LogP contribution in [-0.2, 0) is 19.3 Å². The lowest BCUT2D eigenvalue weighted by atomic mass is 9.93. The van der Waals surface area contributed by atoms with E-state index in [1.807, 2.05) is 13.8 Å². The van der Waals surface area contributed by atoms with Crippen LogP contribution in [-0.4, -0.2) is 0 Å². The Morgan fingerprint density at radius 2 is 1.80 bits per heavy atom. The van der Waals surface area contributed by atoms with Gasteiger partial charge in [0.1, 0.15) is 0 Å². The van der Waals surface area contributed by atoms with Crippen LogP contribution in [0.15, 0.2) is 6.07 Å². The monoisotopic (exact) mass is 204 g/mol. The van der Waals surface area contributed by atoms with E-state index in [-0.39, 0.29) is 0 Å². The van der Waals surface area contributed by atoms with Crippen LogP contribution >= 0.6 is 0 Å². The van der Waals surface area contributed by atoms with E-state index >= 15 is 0 Å². The third kappa shape index (κ3) is 2.25. The first-order valence-electron chi connectivity index (χ1n) is 6.35. The summed E-state index contributed by atoms with van der Waals surface area (Å²) in [6, 6.07) is 2.41. The molecule has 2 rings (SSSR count). The molecule has 84 valence electrons. The van der Waals surface area contributed by atoms with Crippen molar-refractivity contribution in [3.05, 3.63) is 33.9 Å². The van der Waals surface area contributed by atoms with Crippen molar-refractivity contribution in [3.63, 3.8) is 0 Å². The largest absolute Gasteiger partial charge is 0.0683 e. The lowest BCUT2D eigenvalue weighted by molar-refractivity contribution is 0.908. The highest BCUT2D eigenvalue weighted by Crippen LogP contribution is 2.29. The Hall–Kier alpha value is -0.780. The van der Waals surface area contributed by atoms with E-state index in [2.05, 4.69) is 26.8 Å². The van der Waals surface area contributed by atoms with Gasteiger partial charge in [0.25, 0.3) is 0 Å². The molecule has 15 heavy (non-hydrogen) atoms. The van der Waals surface area contributed by atoms with Crippen LogP contribution in [0.3, 0.4) is 0 Å². The second-order valence-corrected chi connectivity index (χ2v) is 4.14. The summed E-state index contributed by atoms with van der Waals surface area (Å²) < 4.78 is 0. The number of rotatable bonds is 1. The van der Waals surface area contributed by atoms with E-state index in [0.29, 0.717) is 0 Å². The molecule has 0 radical (unpaired) electrons. The molecular weight excluding hydrogens is 180 g/mol. The summed E-state index contributed by atoms with van der Waals surface area (Å²) in [5, 5.41) is 0. The van der Waals surface area contributed by atoms with E-state index in [9.17, 15) is 0 Å². The number of fused-ring (bicyclic) bond motifs is 1.